The number of fused-ring (bicyclic) bond motifs is 1. The number of amides is 2. The molecular weight excluding hydrogens is 479 g/mol. The molecule has 0 unspecified atom stereocenters. The molecule has 1 aliphatic carbocycles. The van der Waals surface area contributed by atoms with Gasteiger partial charge in [-0.05, 0) is 67.8 Å². The maximum atomic E-state index is 13.2. The van der Waals surface area contributed by atoms with Gasteiger partial charge in [0.1, 0.15) is 5.54 Å². The fourth-order valence-corrected chi connectivity index (χ4v) is 4.98. The Labute approximate surface area is 204 Å². The van der Waals surface area contributed by atoms with Gasteiger partial charge in [0.25, 0.3) is 11.8 Å². The fraction of sp³-hybridized carbons (Fsp3) is 0.308. The number of carbonyl (C=O) groups is 4. The number of Topliss-reactive ketones (excluding diaryl/α,β-unsaturated/α-hetero) is 2. The van der Waals surface area contributed by atoms with Crippen molar-refractivity contribution in [1.29, 1.82) is 0 Å². The van der Waals surface area contributed by atoms with Gasteiger partial charge in [-0.2, -0.15) is 13.2 Å². The van der Waals surface area contributed by atoms with Gasteiger partial charge in [-0.3, -0.25) is 24.1 Å². The monoisotopic (exact) mass is 501 g/mol. The molecule has 182 valence electrons. The van der Waals surface area contributed by atoms with Crippen molar-refractivity contribution in [2.45, 2.75) is 55.0 Å². The van der Waals surface area contributed by atoms with E-state index in [4.69, 9.17) is 0 Å². The highest BCUT2D eigenvalue weighted by atomic mass is 32.2. The van der Waals surface area contributed by atoms with E-state index in [1.807, 2.05) is 0 Å². The second kappa shape index (κ2) is 9.11. The summed E-state index contributed by atoms with van der Waals surface area (Å²) in [5.74, 6) is -1.50. The summed E-state index contributed by atoms with van der Waals surface area (Å²) in [5.41, 5.74) is -3.46. The Hall–Kier alpha value is -3.20. The summed E-state index contributed by atoms with van der Waals surface area (Å²) in [5, 5.41) is 0. The number of aryl methyl sites for hydroxylation is 1. The molecule has 1 aliphatic heterocycles. The number of ketones is 2. The topological polar surface area (TPSA) is 71.5 Å². The number of hydrogen-bond acceptors (Lipinski definition) is 5. The predicted octanol–water partition coefficient (Wildman–Crippen LogP) is 5.78. The number of alkyl halides is 3. The first-order valence-corrected chi connectivity index (χ1v) is 11.8. The van der Waals surface area contributed by atoms with Crippen LogP contribution in [0.15, 0.2) is 59.5 Å². The minimum absolute atomic E-state index is 0.00476. The number of rotatable bonds is 6. The lowest BCUT2D eigenvalue weighted by molar-refractivity contribution is -0.128. The van der Waals surface area contributed by atoms with Gasteiger partial charge in [-0.25, -0.2) is 0 Å². The molecule has 0 spiro atoms. The predicted molar refractivity (Wildman–Crippen MR) is 124 cm³/mol. The number of allylic oxidation sites excluding steroid dienone is 1. The lowest BCUT2D eigenvalue weighted by atomic mass is 9.78. The SMILES string of the molecule is C=C1CC[C@](C)(N2C(=O)c3ccc(CCC(=O)c4ccc(SC(F)(F)F)cc4)cc3C2=O)C(=O)C1. The Bertz CT molecular complexity index is 1250. The average Bonchev–Trinajstić information content (AvgIpc) is 3.04. The molecule has 5 nitrogen and oxygen atoms in total. The highest BCUT2D eigenvalue weighted by Gasteiger charge is 2.51. The van der Waals surface area contributed by atoms with Crippen LogP contribution in [0.1, 0.15) is 69.2 Å². The van der Waals surface area contributed by atoms with Crippen LogP contribution in [-0.4, -0.2) is 39.3 Å². The zero-order chi connectivity index (χ0) is 25.5. The third-order valence-electron chi connectivity index (χ3n) is 6.47. The molecule has 0 bridgehead atoms. The van der Waals surface area contributed by atoms with Gasteiger partial charge in [-0.1, -0.05) is 30.4 Å². The molecule has 1 atom stereocenters. The Morgan fingerprint density at radius 3 is 2.34 bits per heavy atom. The molecule has 2 aliphatic rings. The van der Waals surface area contributed by atoms with Crippen LogP contribution in [0.2, 0.25) is 0 Å². The van der Waals surface area contributed by atoms with E-state index in [9.17, 15) is 32.3 Å². The molecule has 4 rings (SSSR count). The molecule has 0 saturated heterocycles. The van der Waals surface area contributed by atoms with Crippen LogP contribution in [-0.2, 0) is 11.2 Å². The minimum Gasteiger partial charge on any atom is -0.297 e. The van der Waals surface area contributed by atoms with E-state index in [0.29, 0.717) is 24.0 Å². The highest BCUT2D eigenvalue weighted by Crippen LogP contribution is 2.39. The minimum atomic E-state index is -4.40. The Morgan fingerprint density at radius 1 is 1.06 bits per heavy atom. The van der Waals surface area contributed by atoms with Crippen LogP contribution < -0.4 is 0 Å². The molecule has 1 heterocycles. The maximum Gasteiger partial charge on any atom is 0.446 e. The van der Waals surface area contributed by atoms with Gasteiger partial charge in [0.15, 0.2) is 11.6 Å². The smallest absolute Gasteiger partial charge is 0.297 e. The first-order chi connectivity index (χ1) is 16.4. The number of benzene rings is 2. The highest BCUT2D eigenvalue weighted by molar-refractivity contribution is 8.00. The van der Waals surface area contributed by atoms with Crippen molar-refractivity contribution in [3.8, 4) is 0 Å². The van der Waals surface area contributed by atoms with Gasteiger partial charge in [-0.15, -0.1) is 0 Å². The average molecular weight is 502 g/mol. The van der Waals surface area contributed by atoms with Crippen molar-refractivity contribution in [2.24, 2.45) is 0 Å². The van der Waals surface area contributed by atoms with Crippen molar-refractivity contribution >= 4 is 35.1 Å². The largest absolute Gasteiger partial charge is 0.446 e. The fourth-order valence-electron chi connectivity index (χ4n) is 4.44. The first kappa shape index (κ1) is 24.9. The van der Waals surface area contributed by atoms with Crippen LogP contribution in [0.3, 0.4) is 0 Å². The quantitative estimate of drug-likeness (QED) is 0.217. The summed E-state index contributed by atoms with van der Waals surface area (Å²) in [7, 11) is 0. The zero-order valence-corrected chi connectivity index (χ0v) is 19.7. The second-order valence-electron chi connectivity index (χ2n) is 8.94. The van der Waals surface area contributed by atoms with E-state index in [1.165, 1.54) is 30.3 Å². The normalized spacial score (nSPS) is 20.4. The summed E-state index contributed by atoms with van der Waals surface area (Å²) in [6, 6.07) is 9.99. The van der Waals surface area contributed by atoms with Crippen LogP contribution in [0.5, 0.6) is 0 Å². The summed E-state index contributed by atoms with van der Waals surface area (Å²) < 4.78 is 37.4. The molecule has 1 fully saturated rings. The van der Waals surface area contributed by atoms with E-state index in [-0.39, 0.29) is 58.6 Å². The lowest BCUT2D eigenvalue weighted by Gasteiger charge is -2.39. The number of hydrogen-bond donors (Lipinski definition) is 0. The number of thioether (sulfide) groups is 1. The van der Waals surface area contributed by atoms with Crippen molar-refractivity contribution in [3.63, 3.8) is 0 Å². The zero-order valence-electron chi connectivity index (χ0n) is 18.9. The molecule has 35 heavy (non-hydrogen) atoms. The van der Waals surface area contributed by atoms with Crippen LogP contribution in [0, 0.1) is 0 Å². The molecule has 0 aromatic heterocycles. The van der Waals surface area contributed by atoms with Crippen LogP contribution >= 0.6 is 11.8 Å². The second-order valence-corrected chi connectivity index (χ2v) is 10.1. The summed E-state index contributed by atoms with van der Waals surface area (Å²) in [6.07, 6.45) is 1.38. The van der Waals surface area contributed by atoms with Crippen molar-refractivity contribution < 1.29 is 32.3 Å². The van der Waals surface area contributed by atoms with E-state index < -0.39 is 22.9 Å². The number of carbonyl (C=O) groups excluding carboxylic acids is 4. The van der Waals surface area contributed by atoms with Crippen molar-refractivity contribution in [3.05, 3.63) is 76.9 Å². The Kier molecular flexibility index (Phi) is 6.48. The Balaban J connectivity index is 1.45. The van der Waals surface area contributed by atoms with Gasteiger partial charge in [0.2, 0.25) is 0 Å². The van der Waals surface area contributed by atoms with Gasteiger partial charge in [0, 0.05) is 23.3 Å². The van der Waals surface area contributed by atoms with E-state index in [0.717, 1.165) is 10.5 Å². The molecule has 0 N–H and O–H groups in total. The maximum absolute atomic E-state index is 13.2. The third kappa shape index (κ3) is 4.96. The van der Waals surface area contributed by atoms with Gasteiger partial charge in [0.05, 0.1) is 11.1 Å². The summed E-state index contributed by atoms with van der Waals surface area (Å²) in [6.45, 7) is 5.45. The van der Waals surface area contributed by atoms with Gasteiger partial charge < -0.3 is 0 Å². The molecule has 1 saturated carbocycles. The van der Waals surface area contributed by atoms with E-state index >= 15 is 0 Å². The summed E-state index contributed by atoms with van der Waals surface area (Å²) >= 11 is -0.247. The van der Waals surface area contributed by atoms with Crippen LogP contribution in [0.4, 0.5) is 13.2 Å². The number of halogens is 3. The van der Waals surface area contributed by atoms with Crippen LogP contribution in [0.25, 0.3) is 0 Å². The Morgan fingerprint density at radius 2 is 1.71 bits per heavy atom. The first-order valence-electron chi connectivity index (χ1n) is 11.0. The number of nitrogens with zero attached hydrogens (tertiary/aromatic N) is 1. The molecule has 2 amide bonds. The molecule has 2 aromatic rings. The molecular formula is C26H22F3NO4S. The molecule has 0 radical (unpaired) electrons. The molecule has 2 aromatic carbocycles. The third-order valence-corrected chi connectivity index (χ3v) is 7.21. The van der Waals surface area contributed by atoms with E-state index in [2.05, 4.69) is 6.58 Å². The number of imide groups is 1. The van der Waals surface area contributed by atoms with Gasteiger partial charge >= 0.3 is 5.51 Å². The lowest BCUT2D eigenvalue weighted by Crippen LogP contribution is -2.56. The van der Waals surface area contributed by atoms with Crippen molar-refractivity contribution in [2.75, 3.05) is 0 Å². The summed E-state index contributed by atoms with van der Waals surface area (Å²) in [4.78, 5) is 52.5. The standard InChI is InChI=1S/C26H22F3NO4S/c1-15-11-12-25(2,22(32)13-15)30-23(33)19-9-3-16(14-20(19)24(30)34)4-10-21(31)17-5-7-18(8-6-17)35-26(27,28)29/h3,5-9,14H,1,4,10-13H2,2H3/t25-/m0/s1. The molecule has 9 heteroatoms. The van der Waals surface area contributed by atoms with E-state index in [1.54, 1.807) is 19.1 Å². The van der Waals surface area contributed by atoms with Crippen molar-refractivity contribution in [1.82, 2.24) is 4.90 Å².